The van der Waals surface area contributed by atoms with Gasteiger partial charge >= 0.3 is 0 Å². The maximum atomic E-state index is 6.08. The van der Waals surface area contributed by atoms with E-state index < -0.39 is 0 Å². The molecule has 1 aliphatic heterocycles. The molecule has 0 N–H and O–H groups in total. The van der Waals surface area contributed by atoms with E-state index in [-0.39, 0.29) is 6.04 Å². The van der Waals surface area contributed by atoms with Crippen molar-refractivity contribution in [2.45, 2.75) is 12.5 Å². The summed E-state index contributed by atoms with van der Waals surface area (Å²) in [6.07, 6.45) is 0.838. The third kappa shape index (κ3) is 3.59. The first kappa shape index (κ1) is 17.8. The summed E-state index contributed by atoms with van der Waals surface area (Å²) >= 11 is 13.2. The van der Waals surface area contributed by atoms with Crippen LogP contribution in [0.4, 0.5) is 5.69 Å². The molecule has 0 amide bonds. The van der Waals surface area contributed by atoms with Crippen LogP contribution in [0.25, 0.3) is 0 Å². The smallest absolute Gasteiger partial charge is 0.0832 e. The minimum absolute atomic E-state index is 0.129. The molecule has 0 bridgehead atoms. The second-order valence-corrected chi connectivity index (χ2v) is 8.33. The molecule has 0 saturated carbocycles. The number of rotatable bonds is 3. The number of hydrogen-bond donors (Lipinski definition) is 0. The SMILES string of the molecule is Clc1ccc([C@@H]2CC(c3ccc(Br)cc3)=NN2c2ccccc2Br)cc1. The highest BCUT2D eigenvalue weighted by Gasteiger charge is 2.30. The van der Waals surface area contributed by atoms with Gasteiger partial charge in [-0.15, -0.1) is 0 Å². The molecule has 3 aromatic carbocycles. The molecule has 5 heteroatoms. The summed E-state index contributed by atoms with van der Waals surface area (Å²) in [5.74, 6) is 0. The van der Waals surface area contributed by atoms with Crippen molar-refractivity contribution in [2.24, 2.45) is 5.10 Å². The lowest BCUT2D eigenvalue weighted by molar-refractivity contribution is 0.707. The van der Waals surface area contributed by atoms with E-state index in [2.05, 4.69) is 79.3 Å². The normalized spacial score (nSPS) is 16.7. The van der Waals surface area contributed by atoms with Crippen molar-refractivity contribution in [3.05, 3.63) is 97.9 Å². The van der Waals surface area contributed by atoms with E-state index in [0.717, 1.165) is 37.4 Å². The van der Waals surface area contributed by atoms with E-state index in [0.29, 0.717) is 0 Å². The quantitative estimate of drug-likeness (QED) is 0.378. The third-order valence-electron chi connectivity index (χ3n) is 4.44. The van der Waals surface area contributed by atoms with Gasteiger partial charge in [-0.3, -0.25) is 5.01 Å². The Morgan fingerprint density at radius 3 is 2.27 bits per heavy atom. The number of hydrazone groups is 1. The van der Waals surface area contributed by atoms with Crippen molar-refractivity contribution < 1.29 is 0 Å². The zero-order chi connectivity index (χ0) is 18.1. The molecule has 0 saturated heterocycles. The van der Waals surface area contributed by atoms with E-state index in [9.17, 15) is 0 Å². The monoisotopic (exact) mass is 488 g/mol. The average molecular weight is 491 g/mol. The van der Waals surface area contributed by atoms with Crippen LogP contribution in [0.2, 0.25) is 5.02 Å². The van der Waals surface area contributed by atoms with Crippen molar-refractivity contribution in [1.82, 2.24) is 0 Å². The van der Waals surface area contributed by atoms with Crippen LogP contribution in [0.5, 0.6) is 0 Å². The van der Waals surface area contributed by atoms with Crippen LogP contribution in [0.1, 0.15) is 23.6 Å². The molecule has 0 fully saturated rings. The van der Waals surface area contributed by atoms with Gasteiger partial charge in [-0.05, 0) is 63.5 Å². The van der Waals surface area contributed by atoms with Crippen LogP contribution >= 0.6 is 43.5 Å². The fourth-order valence-corrected chi connectivity index (χ4v) is 3.99. The highest BCUT2D eigenvalue weighted by molar-refractivity contribution is 9.10. The predicted octanol–water partition coefficient (Wildman–Crippen LogP) is 7.22. The minimum atomic E-state index is 0.129. The molecule has 0 radical (unpaired) electrons. The molecule has 0 unspecified atom stereocenters. The standard InChI is InChI=1S/C21H15Br2ClN2/c22-16-9-5-14(6-10-16)19-13-21(15-7-11-17(24)12-8-15)26(25-19)20-4-2-1-3-18(20)23/h1-12,21H,13H2/t21-/m0/s1. The molecule has 2 nitrogen and oxygen atoms in total. The van der Waals surface area contributed by atoms with Crippen molar-refractivity contribution in [1.29, 1.82) is 0 Å². The van der Waals surface area contributed by atoms with Gasteiger partial charge in [-0.1, -0.05) is 63.9 Å². The van der Waals surface area contributed by atoms with Crippen LogP contribution in [0.3, 0.4) is 0 Å². The molecular weight excluding hydrogens is 476 g/mol. The lowest BCUT2D eigenvalue weighted by atomic mass is 9.98. The van der Waals surface area contributed by atoms with Gasteiger partial charge in [0.15, 0.2) is 0 Å². The first-order valence-electron chi connectivity index (χ1n) is 8.24. The molecule has 1 heterocycles. The molecule has 0 spiro atoms. The zero-order valence-corrected chi connectivity index (χ0v) is 17.7. The number of anilines is 1. The minimum Gasteiger partial charge on any atom is -0.256 e. The number of benzene rings is 3. The van der Waals surface area contributed by atoms with Crippen molar-refractivity contribution >= 4 is 54.9 Å². The largest absolute Gasteiger partial charge is 0.256 e. The van der Waals surface area contributed by atoms with E-state index in [1.807, 2.05) is 30.3 Å². The van der Waals surface area contributed by atoms with E-state index in [4.69, 9.17) is 16.7 Å². The van der Waals surface area contributed by atoms with Crippen molar-refractivity contribution in [2.75, 3.05) is 5.01 Å². The van der Waals surface area contributed by atoms with Crippen molar-refractivity contribution in [3.8, 4) is 0 Å². The third-order valence-corrected chi connectivity index (χ3v) is 5.89. The van der Waals surface area contributed by atoms with Gasteiger partial charge < -0.3 is 0 Å². The fourth-order valence-electron chi connectivity index (χ4n) is 3.13. The molecule has 1 atom stereocenters. The van der Waals surface area contributed by atoms with Gasteiger partial charge in [0.25, 0.3) is 0 Å². The number of halogens is 3. The Kier molecular flexibility index (Phi) is 5.16. The van der Waals surface area contributed by atoms with Gasteiger partial charge in [-0.2, -0.15) is 5.10 Å². The Morgan fingerprint density at radius 1 is 0.885 bits per heavy atom. The lowest BCUT2D eigenvalue weighted by Crippen LogP contribution is -2.18. The molecule has 1 aliphatic rings. The molecule has 0 aromatic heterocycles. The second-order valence-electron chi connectivity index (χ2n) is 6.12. The van der Waals surface area contributed by atoms with Crippen molar-refractivity contribution in [3.63, 3.8) is 0 Å². The molecule has 130 valence electrons. The average Bonchev–Trinajstić information content (AvgIpc) is 3.08. The summed E-state index contributed by atoms with van der Waals surface area (Å²) in [6, 6.07) is 24.6. The van der Waals surface area contributed by atoms with E-state index in [1.165, 1.54) is 5.56 Å². The number of hydrogen-bond acceptors (Lipinski definition) is 2. The Bertz CT molecular complexity index is 953. The van der Waals surface area contributed by atoms with Crippen LogP contribution in [0, 0.1) is 0 Å². The first-order valence-corrected chi connectivity index (χ1v) is 10.2. The topological polar surface area (TPSA) is 15.6 Å². The van der Waals surface area contributed by atoms with E-state index >= 15 is 0 Å². The van der Waals surface area contributed by atoms with Gasteiger partial charge in [-0.25, -0.2) is 0 Å². The first-order chi connectivity index (χ1) is 12.6. The van der Waals surface area contributed by atoms with Gasteiger partial charge in [0, 0.05) is 20.4 Å². The maximum absolute atomic E-state index is 6.08. The highest BCUT2D eigenvalue weighted by atomic mass is 79.9. The van der Waals surface area contributed by atoms with E-state index in [1.54, 1.807) is 0 Å². The Morgan fingerprint density at radius 2 is 1.58 bits per heavy atom. The fraction of sp³-hybridized carbons (Fsp3) is 0.0952. The number of para-hydroxylation sites is 1. The Hall–Kier alpha value is -1.62. The van der Waals surface area contributed by atoms with Crippen LogP contribution in [0.15, 0.2) is 86.8 Å². The summed E-state index contributed by atoms with van der Waals surface area (Å²) in [6.45, 7) is 0. The Labute approximate surface area is 174 Å². The van der Waals surface area contributed by atoms with Crippen LogP contribution in [-0.2, 0) is 0 Å². The van der Waals surface area contributed by atoms with Gasteiger partial charge in [0.1, 0.15) is 0 Å². The summed E-state index contributed by atoms with van der Waals surface area (Å²) in [7, 11) is 0. The lowest BCUT2D eigenvalue weighted by Gasteiger charge is -2.25. The molecular formula is C21H15Br2ClN2. The highest BCUT2D eigenvalue weighted by Crippen LogP contribution is 2.40. The molecule has 4 rings (SSSR count). The molecule has 0 aliphatic carbocycles. The van der Waals surface area contributed by atoms with Gasteiger partial charge in [0.05, 0.1) is 17.4 Å². The van der Waals surface area contributed by atoms with Gasteiger partial charge in [0.2, 0.25) is 0 Å². The summed E-state index contributed by atoms with van der Waals surface area (Å²) < 4.78 is 2.09. The number of nitrogens with zero attached hydrogens (tertiary/aromatic N) is 2. The predicted molar refractivity (Wildman–Crippen MR) is 116 cm³/mol. The summed E-state index contributed by atoms with van der Waals surface area (Å²) in [5.41, 5.74) is 4.47. The van der Waals surface area contributed by atoms with Crippen LogP contribution < -0.4 is 5.01 Å². The van der Waals surface area contributed by atoms with Crippen LogP contribution in [-0.4, -0.2) is 5.71 Å². The molecule has 26 heavy (non-hydrogen) atoms. The maximum Gasteiger partial charge on any atom is 0.0832 e. The molecule has 3 aromatic rings. The summed E-state index contributed by atoms with van der Waals surface area (Å²) in [5, 5.41) is 7.82. The summed E-state index contributed by atoms with van der Waals surface area (Å²) in [4.78, 5) is 0. The zero-order valence-electron chi connectivity index (χ0n) is 13.7. The Balaban J connectivity index is 1.77. The second kappa shape index (κ2) is 7.55.